The van der Waals surface area contributed by atoms with Crippen molar-refractivity contribution in [2.45, 2.75) is 42.9 Å². The SMILES string of the molecule is c1ccc(-c2ccccc2-c2cccc3c2C2(c4ccccc4-c4c(N(c5ccccc5)c5cccc6c5C5(c7ccccc7-6)C6CC7CC(C6)CC5C7)cccc42)c2c(-c4ccccc4-c4ccccc4)cccc2-3)cc1. The highest BCUT2D eigenvalue weighted by Crippen LogP contribution is 2.72. The average Bonchev–Trinajstić information content (AvgIpc) is 3.66. The molecule has 0 aromatic heterocycles. The van der Waals surface area contributed by atoms with Crippen molar-refractivity contribution < 1.29 is 0 Å². The average molecular weight is 996 g/mol. The Hall–Kier alpha value is -8.78. The highest BCUT2D eigenvalue weighted by molar-refractivity contribution is 6.07. The minimum atomic E-state index is -0.715. The van der Waals surface area contributed by atoms with Gasteiger partial charge < -0.3 is 4.90 Å². The highest BCUT2D eigenvalue weighted by atomic mass is 15.2. The van der Waals surface area contributed by atoms with Gasteiger partial charge in [0.05, 0.1) is 16.8 Å². The van der Waals surface area contributed by atoms with Gasteiger partial charge in [0.2, 0.25) is 0 Å². The van der Waals surface area contributed by atoms with Gasteiger partial charge in [-0.05, 0) is 186 Å². The zero-order chi connectivity index (χ0) is 51.1. The molecule has 0 atom stereocenters. The molecule has 7 aliphatic rings. The Labute approximate surface area is 458 Å². The van der Waals surface area contributed by atoms with Crippen LogP contribution in [0.25, 0.3) is 77.9 Å². The van der Waals surface area contributed by atoms with Gasteiger partial charge in [-0.3, -0.25) is 0 Å². The van der Waals surface area contributed by atoms with E-state index in [2.05, 4.69) is 266 Å². The zero-order valence-electron chi connectivity index (χ0n) is 43.6. The van der Waals surface area contributed by atoms with Gasteiger partial charge in [-0.25, -0.2) is 0 Å². The molecule has 1 heteroatoms. The van der Waals surface area contributed by atoms with Crippen LogP contribution in [0.2, 0.25) is 0 Å². The molecule has 11 aromatic rings. The molecule has 370 valence electrons. The second-order valence-corrected chi connectivity index (χ2v) is 23.4. The second kappa shape index (κ2) is 16.9. The lowest BCUT2D eigenvalue weighted by Gasteiger charge is -2.61. The Bertz CT molecular complexity index is 4060. The lowest BCUT2D eigenvalue weighted by Crippen LogP contribution is -2.55. The summed E-state index contributed by atoms with van der Waals surface area (Å²) in [5.41, 5.74) is 29.5. The molecule has 18 rings (SSSR count). The standard InChI is InChI=1S/C77H57N/c1-4-22-51(23-5-1)56-28-10-12-30-58(56)61-34-18-36-64-65-37-19-35-62(59-31-13-11-29-57(59)52-24-6-2-7-25-52)74(65)77(73(61)64)68-40-17-15-33-66(68)72-69(77)41-21-42-70(72)78(55-26-8-3-9-27-55)71-43-20-38-63-60-32-14-16-39-67(60)76(75(63)71)53-45-49-44-50(47-53)48-54(76)46-49/h1-43,49-50,53-54H,44-48H2. The summed E-state index contributed by atoms with van der Waals surface area (Å²) in [5, 5.41) is 0. The molecule has 0 heterocycles. The summed E-state index contributed by atoms with van der Waals surface area (Å²) < 4.78 is 0. The smallest absolute Gasteiger partial charge is 0.0738 e. The molecule has 0 N–H and O–H groups in total. The number of anilines is 3. The van der Waals surface area contributed by atoms with E-state index in [9.17, 15) is 0 Å². The van der Waals surface area contributed by atoms with Crippen molar-refractivity contribution in [2.75, 3.05) is 4.90 Å². The van der Waals surface area contributed by atoms with E-state index in [-0.39, 0.29) is 5.41 Å². The minimum Gasteiger partial charge on any atom is -0.310 e. The molecule has 1 nitrogen and oxygen atoms in total. The van der Waals surface area contributed by atoms with Crippen LogP contribution < -0.4 is 4.90 Å². The Morgan fingerprint density at radius 1 is 0.269 bits per heavy atom. The summed E-state index contributed by atoms with van der Waals surface area (Å²) in [6.45, 7) is 0. The topological polar surface area (TPSA) is 3.24 Å². The first-order chi connectivity index (χ1) is 38.7. The van der Waals surface area contributed by atoms with E-state index in [0.717, 1.165) is 11.8 Å². The van der Waals surface area contributed by atoms with Crippen LogP contribution in [0.1, 0.15) is 65.5 Å². The largest absolute Gasteiger partial charge is 0.310 e. The molecule has 78 heavy (non-hydrogen) atoms. The summed E-state index contributed by atoms with van der Waals surface area (Å²) in [5.74, 6) is 2.95. The number of hydrogen-bond donors (Lipinski definition) is 0. The lowest BCUT2D eigenvalue weighted by atomic mass is 9.43. The highest BCUT2D eigenvalue weighted by Gasteiger charge is 2.63. The molecule has 4 saturated carbocycles. The first-order valence-electron chi connectivity index (χ1n) is 28.6. The Morgan fingerprint density at radius 2 is 0.654 bits per heavy atom. The third-order valence-electron chi connectivity index (χ3n) is 19.9. The monoisotopic (exact) mass is 995 g/mol. The van der Waals surface area contributed by atoms with E-state index in [1.807, 2.05) is 0 Å². The minimum absolute atomic E-state index is 0.0362. The Morgan fingerprint density at radius 3 is 1.22 bits per heavy atom. The van der Waals surface area contributed by atoms with Gasteiger partial charge in [0.1, 0.15) is 0 Å². The molecule has 0 unspecified atom stereocenters. The van der Waals surface area contributed by atoms with Crippen LogP contribution in [-0.4, -0.2) is 0 Å². The fourth-order valence-corrected chi connectivity index (χ4v) is 17.5. The first-order valence-corrected chi connectivity index (χ1v) is 28.6. The number of benzene rings is 11. The zero-order valence-corrected chi connectivity index (χ0v) is 43.6. The summed E-state index contributed by atoms with van der Waals surface area (Å²) in [4.78, 5) is 2.72. The van der Waals surface area contributed by atoms with Crippen molar-refractivity contribution in [3.05, 3.63) is 294 Å². The van der Waals surface area contributed by atoms with Crippen LogP contribution in [0.4, 0.5) is 17.1 Å². The number of hydrogen-bond acceptors (Lipinski definition) is 1. The van der Waals surface area contributed by atoms with Gasteiger partial charge in [0.15, 0.2) is 0 Å². The van der Waals surface area contributed by atoms with Crippen molar-refractivity contribution in [1.82, 2.24) is 0 Å². The Balaban J connectivity index is 0.988. The number of nitrogens with zero attached hydrogens (tertiary/aromatic N) is 1. The number of fused-ring (bicyclic) bond motifs is 13. The second-order valence-electron chi connectivity index (χ2n) is 23.4. The summed E-state index contributed by atoms with van der Waals surface area (Å²) in [6, 6.07) is 99.7. The van der Waals surface area contributed by atoms with Gasteiger partial charge in [-0.15, -0.1) is 0 Å². The molecule has 0 radical (unpaired) electrons. The van der Waals surface area contributed by atoms with Crippen molar-refractivity contribution in [3.63, 3.8) is 0 Å². The first kappa shape index (κ1) is 44.4. The predicted octanol–water partition coefficient (Wildman–Crippen LogP) is 19.9. The van der Waals surface area contributed by atoms with Crippen LogP contribution in [-0.2, 0) is 10.8 Å². The van der Waals surface area contributed by atoms with Crippen LogP contribution in [0.15, 0.2) is 261 Å². The van der Waals surface area contributed by atoms with E-state index in [1.165, 1.54) is 149 Å². The van der Waals surface area contributed by atoms with Crippen molar-refractivity contribution in [1.29, 1.82) is 0 Å². The fraction of sp³-hybridized carbons (Fsp3) is 0.143. The molecular weight excluding hydrogens is 939 g/mol. The molecule has 0 aliphatic heterocycles. The predicted molar refractivity (Wildman–Crippen MR) is 322 cm³/mol. The van der Waals surface area contributed by atoms with Crippen molar-refractivity contribution in [3.8, 4) is 77.9 Å². The summed E-state index contributed by atoms with van der Waals surface area (Å²) in [7, 11) is 0. The molecule has 7 aliphatic carbocycles. The number of para-hydroxylation sites is 1. The maximum atomic E-state index is 2.72. The maximum Gasteiger partial charge on any atom is 0.0738 e. The van der Waals surface area contributed by atoms with Gasteiger partial charge in [0.25, 0.3) is 0 Å². The maximum absolute atomic E-state index is 2.72. The number of rotatable bonds is 7. The summed E-state index contributed by atoms with van der Waals surface area (Å²) in [6.07, 6.45) is 6.77. The normalized spacial score (nSPS) is 20.7. The van der Waals surface area contributed by atoms with Gasteiger partial charge in [-0.1, -0.05) is 237 Å². The third kappa shape index (κ3) is 5.92. The van der Waals surface area contributed by atoms with E-state index in [1.54, 1.807) is 11.1 Å². The quantitative estimate of drug-likeness (QED) is 0.154. The van der Waals surface area contributed by atoms with E-state index >= 15 is 0 Å². The molecular formula is C77H57N. The molecule has 4 fully saturated rings. The van der Waals surface area contributed by atoms with Crippen LogP contribution in [0.5, 0.6) is 0 Å². The van der Waals surface area contributed by atoms with Gasteiger partial charge >= 0.3 is 0 Å². The van der Waals surface area contributed by atoms with Crippen molar-refractivity contribution in [2.24, 2.45) is 23.7 Å². The molecule has 0 saturated heterocycles. The van der Waals surface area contributed by atoms with Gasteiger partial charge in [-0.2, -0.15) is 0 Å². The lowest BCUT2D eigenvalue weighted by molar-refractivity contribution is -0.0397. The van der Waals surface area contributed by atoms with Gasteiger partial charge in [0, 0.05) is 16.7 Å². The third-order valence-corrected chi connectivity index (χ3v) is 19.9. The summed E-state index contributed by atoms with van der Waals surface area (Å²) >= 11 is 0. The van der Waals surface area contributed by atoms with Crippen LogP contribution in [0, 0.1) is 23.7 Å². The van der Waals surface area contributed by atoms with Crippen LogP contribution >= 0.6 is 0 Å². The molecule has 0 amide bonds. The Kier molecular flexibility index (Phi) is 9.59. The van der Waals surface area contributed by atoms with Crippen molar-refractivity contribution >= 4 is 17.1 Å². The molecule has 11 aromatic carbocycles. The van der Waals surface area contributed by atoms with Crippen LogP contribution in [0.3, 0.4) is 0 Å². The van der Waals surface area contributed by atoms with E-state index in [0.29, 0.717) is 11.8 Å². The fourth-order valence-electron chi connectivity index (χ4n) is 17.5. The van der Waals surface area contributed by atoms with E-state index < -0.39 is 5.41 Å². The van der Waals surface area contributed by atoms with E-state index in [4.69, 9.17) is 0 Å². The molecule has 4 bridgehead atoms. The molecule has 2 spiro atoms.